The Hall–Kier alpha value is -1.78. The van der Waals surface area contributed by atoms with Crippen LogP contribution in [0.5, 0.6) is 0 Å². The van der Waals surface area contributed by atoms with Gasteiger partial charge in [0.15, 0.2) is 5.96 Å². The number of nitrogens with one attached hydrogen (secondary N) is 2. The van der Waals surface area contributed by atoms with Crippen LogP contribution in [-0.2, 0) is 26.3 Å². The molecule has 0 radical (unpaired) electrons. The van der Waals surface area contributed by atoms with E-state index in [-0.39, 0.29) is 30.5 Å². The largest absolute Gasteiger partial charge is 0.416 e. The summed E-state index contributed by atoms with van der Waals surface area (Å²) < 4.78 is 39.9. The quantitative estimate of drug-likeness (QED) is 0.403. The average molecular weight is 467 g/mol. The van der Waals surface area contributed by atoms with Crippen LogP contribution in [-0.4, -0.2) is 22.3 Å². The van der Waals surface area contributed by atoms with E-state index in [1.54, 1.807) is 16.9 Å². The first-order chi connectivity index (χ1) is 11.4. The van der Waals surface area contributed by atoms with E-state index in [1.165, 1.54) is 6.07 Å². The lowest BCUT2D eigenvalue weighted by molar-refractivity contribution is -0.137. The molecule has 2 N–H and O–H groups in total. The van der Waals surface area contributed by atoms with E-state index in [1.807, 2.05) is 20.2 Å². The Morgan fingerprint density at radius 1 is 1.24 bits per heavy atom. The summed E-state index contributed by atoms with van der Waals surface area (Å²) in [6.07, 6.45) is -0.755. The molecule has 0 atom stereocenters. The first-order valence-electron chi connectivity index (χ1n) is 7.54. The zero-order valence-corrected chi connectivity index (χ0v) is 16.3. The third kappa shape index (κ3) is 6.92. The second kappa shape index (κ2) is 9.64. The number of alkyl halides is 3. The van der Waals surface area contributed by atoms with Crippen LogP contribution in [0, 0.1) is 0 Å². The van der Waals surface area contributed by atoms with Crippen LogP contribution >= 0.6 is 24.0 Å². The maximum Gasteiger partial charge on any atom is 0.416 e. The molecule has 1 heterocycles. The Morgan fingerprint density at radius 3 is 2.60 bits per heavy atom. The van der Waals surface area contributed by atoms with Gasteiger partial charge >= 0.3 is 6.18 Å². The molecule has 0 fully saturated rings. The number of aliphatic imine (C=N–C) groups is 1. The van der Waals surface area contributed by atoms with Gasteiger partial charge in [-0.2, -0.15) is 18.3 Å². The lowest BCUT2D eigenvalue weighted by atomic mass is 10.1. The third-order valence-corrected chi connectivity index (χ3v) is 3.24. The summed E-state index contributed by atoms with van der Waals surface area (Å²) in [7, 11) is 1.82. The van der Waals surface area contributed by atoms with Crippen LogP contribution in [0.2, 0.25) is 0 Å². The number of guanidine groups is 1. The number of hydrogen-bond donors (Lipinski definition) is 2. The van der Waals surface area contributed by atoms with Crippen molar-refractivity contribution < 1.29 is 13.2 Å². The zero-order valence-electron chi connectivity index (χ0n) is 14.0. The van der Waals surface area contributed by atoms with Crippen molar-refractivity contribution in [2.45, 2.75) is 26.2 Å². The lowest BCUT2D eigenvalue weighted by Gasteiger charge is -2.12. The molecule has 138 valence electrons. The first-order valence-corrected chi connectivity index (χ1v) is 7.54. The van der Waals surface area contributed by atoms with Gasteiger partial charge in [0.2, 0.25) is 0 Å². The van der Waals surface area contributed by atoms with Crippen molar-refractivity contribution in [3.63, 3.8) is 0 Å². The molecule has 0 bridgehead atoms. The minimum Gasteiger partial charge on any atom is -0.357 e. The van der Waals surface area contributed by atoms with Gasteiger partial charge in [0.25, 0.3) is 0 Å². The molecule has 1 aromatic carbocycles. The minimum absolute atomic E-state index is 0. The Kier molecular flexibility index (Phi) is 8.20. The highest BCUT2D eigenvalue weighted by molar-refractivity contribution is 14.0. The van der Waals surface area contributed by atoms with Gasteiger partial charge in [0.05, 0.1) is 18.3 Å². The molecule has 0 amide bonds. The van der Waals surface area contributed by atoms with E-state index in [4.69, 9.17) is 0 Å². The smallest absolute Gasteiger partial charge is 0.357 e. The van der Waals surface area contributed by atoms with Gasteiger partial charge in [-0.1, -0.05) is 12.1 Å². The highest BCUT2D eigenvalue weighted by atomic mass is 127. The summed E-state index contributed by atoms with van der Waals surface area (Å²) >= 11 is 0. The summed E-state index contributed by atoms with van der Waals surface area (Å²) in [6, 6.07) is 5.25. The van der Waals surface area contributed by atoms with E-state index < -0.39 is 11.7 Å². The summed E-state index contributed by atoms with van der Waals surface area (Å²) in [6.45, 7) is 3.27. The summed E-state index contributed by atoms with van der Waals surface area (Å²) in [5.74, 6) is 0.541. The van der Waals surface area contributed by atoms with E-state index in [2.05, 4.69) is 20.7 Å². The third-order valence-electron chi connectivity index (χ3n) is 3.24. The van der Waals surface area contributed by atoms with Gasteiger partial charge in [-0.05, 0) is 24.6 Å². The number of benzene rings is 1. The average Bonchev–Trinajstić information content (AvgIpc) is 2.95. The summed E-state index contributed by atoms with van der Waals surface area (Å²) in [5, 5.41) is 10.2. The molecule has 0 aliphatic rings. The van der Waals surface area contributed by atoms with Crippen molar-refractivity contribution in [1.82, 2.24) is 20.4 Å². The molecular formula is C16H21F3IN5. The molecule has 0 aliphatic carbocycles. The number of aryl methyl sites for hydroxylation is 1. The van der Waals surface area contributed by atoms with Crippen molar-refractivity contribution in [2.24, 2.45) is 12.0 Å². The molecule has 25 heavy (non-hydrogen) atoms. The Bertz CT molecular complexity index is 697. The number of halogens is 4. The Morgan fingerprint density at radius 2 is 2.00 bits per heavy atom. The van der Waals surface area contributed by atoms with Gasteiger partial charge in [0, 0.05) is 31.9 Å². The molecule has 9 heteroatoms. The zero-order chi connectivity index (χ0) is 17.6. The molecular weight excluding hydrogens is 446 g/mol. The molecule has 5 nitrogen and oxygen atoms in total. The molecule has 2 rings (SSSR count). The molecule has 0 saturated carbocycles. The number of nitrogens with zero attached hydrogens (tertiary/aromatic N) is 3. The van der Waals surface area contributed by atoms with Crippen LogP contribution in [0.15, 0.2) is 41.7 Å². The predicted molar refractivity (Wildman–Crippen MR) is 102 cm³/mol. The fourth-order valence-electron chi connectivity index (χ4n) is 2.11. The number of hydrogen-bond acceptors (Lipinski definition) is 2. The highest BCUT2D eigenvalue weighted by Crippen LogP contribution is 2.29. The summed E-state index contributed by atoms with van der Waals surface area (Å²) in [4.78, 5) is 4.40. The second-order valence-electron chi connectivity index (χ2n) is 5.27. The van der Waals surface area contributed by atoms with E-state index >= 15 is 0 Å². The fraction of sp³-hybridized carbons (Fsp3) is 0.375. The van der Waals surface area contributed by atoms with Crippen molar-refractivity contribution in [3.05, 3.63) is 53.3 Å². The molecule has 2 aromatic rings. The fourth-order valence-corrected chi connectivity index (χ4v) is 2.11. The van der Waals surface area contributed by atoms with E-state index in [0.29, 0.717) is 24.6 Å². The van der Waals surface area contributed by atoms with Crippen LogP contribution in [0.3, 0.4) is 0 Å². The summed E-state index contributed by atoms with van der Waals surface area (Å²) in [5.41, 5.74) is 0.838. The SMILES string of the molecule is CCNC(=NCc1cnn(C)c1)NCc1cccc(C(F)(F)F)c1.I. The van der Waals surface area contributed by atoms with Gasteiger partial charge in [0.1, 0.15) is 0 Å². The molecule has 1 aromatic heterocycles. The monoisotopic (exact) mass is 467 g/mol. The van der Waals surface area contributed by atoms with Crippen LogP contribution in [0.1, 0.15) is 23.6 Å². The predicted octanol–water partition coefficient (Wildman–Crippen LogP) is 3.31. The van der Waals surface area contributed by atoms with E-state index in [0.717, 1.165) is 17.7 Å². The van der Waals surface area contributed by atoms with Crippen molar-refractivity contribution in [1.29, 1.82) is 0 Å². The number of aromatic nitrogens is 2. The highest BCUT2D eigenvalue weighted by Gasteiger charge is 2.30. The Labute approximate surface area is 161 Å². The van der Waals surface area contributed by atoms with Crippen molar-refractivity contribution in [2.75, 3.05) is 6.54 Å². The second-order valence-corrected chi connectivity index (χ2v) is 5.27. The number of rotatable bonds is 5. The van der Waals surface area contributed by atoms with Gasteiger partial charge in [-0.25, -0.2) is 4.99 Å². The van der Waals surface area contributed by atoms with Crippen LogP contribution < -0.4 is 10.6 Å². The van der Waals surface area contributed by atoms with Crippen molar-refractivity contribution in [3.8, 4) is 0 Å². The van der Waals surface area contributed by atoms with Crippen LogP contribution in [0.25, 0.3) is 0 Å². The molecule has 0 saturated heterocycles. The van der Waals surface area contributed by atoms with Crippen molar-refractivity contribution >= 4 is 29.9 Å². The van der Waals surface area contributed by atoms with Gasteiger partial charge in [-0.3, -0.25) is 4.68 Å². The first kappa shape index (κ1) is 21.3. The standard InChI is InChI=1S/C16H20F3N5.HI/c1-3-20-15(22-9-13-10-23-24(2)11-13)21-8-12-5-4-6-14(7-12)16(17,18)19;/h4-7,10-11H,3,8-9H2,1-2H3,(H2,20,21,22);1H. The Balaban J connectivity index is 0.00000312. The molecule has 0 aliphatic heterocycles. The minimum atomic E-state index is -4.34. The maximum absolute atomic E-state index is 12.7. The normalized spacial score (nSPS) is 11.8. The van der Waals surface area contributed by atoms with Gasteiger partial charge in [-0.15, -0.1) is 24.0 Å². The topological polar surface area (TPSA) is 54.2 Å². The van der Waals surface area contributed by atoms with E-state index in [9.17, 15) is 13.2 Å². The molecule has 0 unspecified atom stereocenters. The van der Waals surface area contributed by atoms with Gasteiger partial charge < -0.3 is 10.6 Å². The molecule has 0 spiro atoms. The maximum atomic E-state index is 12.7. The van der Waals surface area contributed by atoms with Crippen LogP contribution in [0.4, 0.5) is 13.2 Å². The lowest BCUT2D eigenvalue weighted by Crippen LogP contribution is -2.36.